The highest BCUT2D eigenvalue weighted by molar-refractivity contribution is 6.32. The standard InChI is InChI=1S/C21H18ClNO4/c1-3-27-19(25)17-16-18(24)23(15-6-4-5-12(2)11-15)20(26)21(16,17)13-7-9-14(22)10-8-13/h4-11,16-17H,3H2,1-2H3/t16-,17-,21+/m0/s1. The van der Waals surface area contributed by atoms with E-state index < -0.39 is 23.2 Å². The summed E-state index contributed by atoms with van der Waals surface area (Å²) < 4.78 is 5.14. The van der Waals surface area contributed by atoms with Crippen molar-refractivity contribution in [1.82, 2.24) is 0 Å². The zero-order valence-corrected chi connectivity index (χ0v) is 15.7. The number of halogens is 1. The SMILES string of the molecule is CCOC(=O)[C@@H]1[C@H]2C(=O)N(c3cccc(C)c3)C(=O)[C@@]12c1ccc(Cl)cc1. The lowest BCUT2D eigenvalue weighted by atomic mass is 9.91. The number of esters is 1. The van der Waals surface area contributed by atoms with Crippen LogP contribution in [0.5, 0.6) is 0 Å². The summed E-state index contributed by atoms with van der Waals surface area (Å²) in [5, 5.41) is 0.521. The Kier molecular flexibility index (Phi) is 4.07. The zero-order valence-electron chi connectivity index (χ0n) is 14.9. The van der Waals surface area contributed by atoms with Gasteiger partial charge in [0.15, 0.2) is 0 Å². The Morgan fingerprint density at radius 2 is 1.89 bits per heavy atom. The molecule has 1 heterocycles. The fourth-order valence-electron chi connectivity index (χ4n) is 4.19. The van der Waals surface area contributed by atoms with Crippen molar-refractivity contribution in [3.8, 4) is 0 Å². The van der Waals surface area contributed by atoms with Crippen molar-refractivity contribution in [2.24, 2.45) is 11.8 Å². The van der Waals surface area contributed by atoms with Crippen molar-refractivity contribution < 1.29 is 19.1 Å². The topological polar surface area (TPSA) is 63.7 Å². The van der Waals surface area contributed by atoms with Crippen LogP contribution in [-0.4, -0.2) is 24.4 Å². The molecule has 2 amide bonds. The molecule has 1 saturated heterocycles. The number of hydrogen-bond acceptors (Lipinski definition) is 4. The van der Waals surface area contributed by atoms with Crippen LogP contribution in [0.4, 0.5) is 5.69 Å². The molecule has 0 radical (unpaired) electrons. The number of ether oxygens (including phenoxy) is 1. The van der Waals surface area contributed by atoms with Crippen LogP contribution >= 0.6 is 11.6 Å². The zero-order chi connectivity index (χ0) is 19.3. The monoisotopic (exact) mass is 383 g/mol. The number of benzene rings is 2. The maximum atomic E-state index is 13.5. The van der Waals surface area contributed by atoms with Crippen molar-refractivity contribution in [2.45, 2.75) is 19.3 Å². The van der Waals surface area contributed by atoms with Crippen LogP contribution < -0.4 is 4.90 Å². The molecule has 138 valence electrons. The molecule has 0 aromatic heterocycles. The minimum atomic E-state index is -1.21. The molecule has 2 fully saturated rings. The van der Waals surface area contributed by atoms with Crippen molar-refractivity contribution in [1.29, 1.82) is 0 Å². The van der Waals surface area contributed by atoms with E-state index in [9.17, 15) is 14.4 Å². The third-order valence-electron chi connectivity index (χ3n) is 5.37. The molecule has 2 aromatic carbocycles. The van der Waals surface area contributed by atoms with E-state index >= 15 is 0 Å². The van der Waals surface area contributed by atoms with E-state index in [0.717, 1.165) is 5.56 Å². The van der Waals surface area contributed by atoms with Crippen LogP contribution in [0.1, 0.15) is 18.1 Å². The van der Waals surface area contributed by atoms with Crippen molar-refractivity contribution >= 4 is 35.1 Å². The molecule has 27 heavy (non-hydrogen) atoms. The van der Waals surface area contributed by atoms with Crippen LogP contribution in [0.15, 0.2) is 48.5 Å². The Balaban J connectivity index is 1.81. The van der Waals surface area contributed by atoms with Gasteiger partial charge in [0.2, 0.25) is 11.8 Å². The third kappa shape index (κ3) is 2.42. The first-order chi connectivity index (χ1) is 12.9. The van der Waals surface area contributed by atoms with Crippen LogP contribution in [0.3, 0.4) is 0 Å². The highest BCUT2D eigenvalue weighted by Crippen LogP contribution is 2.66. The van der Waals surface area contributed by atoms with Gasteiger partial charge in [-0.2, -0.15) is 0 Å². The number of carbonyl (C=O) groups is 3. The van der Waals surface area contributed by atoms with Crippen LogP contribution in [0, 0.1) is 18.8 Å². The van der Waals surface area contributed by atoms with Crippen molar-refractivity contribution in [2.75, 3.05) is 11.5 Å². The van der Waals surface area contributed by atoms with Gasteiger partial charge in [-0.3, -0.25) is 14.4 Å². The van der Waals surface area contributed by atoms with Gasteiger partial charge in [0.05, 0.1) is 24.1 Å². The molecule has 0 spiro atoms. The van der Waals surface area contributed by atoms with Crippen molar-refractivity contribution in [3.05, 3.63) is 64.7 Å². The van der Waals surface area contributed by atoms with Gasteiger partial charge in [0, 0.05) is 5.02 Å². The molecule has 0 bridgehead atoms. The lowest BCUT2D eigenvalue weighted by Gasteiger charge is -2.22. The van der Waals surface area contributed by atoms with E-state index in [1.165, 1.54) is 4.90 Å². The third-order valence-corrected chi connectivity index (χ3v) is 5.62. The van der Waals surface area contributed by atoms with Gasteiger partial charge in [-0.05, 0) is 49.2 Å². The molecule has 5 nitrogen and oxygen atoms in total. The molecule has 4 rings (SSSR count). The molecule has 1 aliphatic heterocycles. The average Bonchev–Trinajstić information content (AvgIpc) is 3.28. The summed E-state index contributed by atoms with van der Waals surface area (Å²) in [6, 6.07) is 13.9. The Morgan fingerprint density at radius 1 is 1.19 bits per heavy atom. The quantitative estimate of drug-likeness (QED) is 0.600. The van der Waals surface area contributed by atoms with Gasteiger partial charge < -0.3 is 4.74 Å². The van der Waals surface area contributed by atoms with E-state index in [4.69, 9.17) is 16.3 Å². The molecule has 2 aliphatic rings. The van der Waals surface area contributed by atoms with Gasteiger partial charge in [-0.25, -0.2) is 4.90 Å². The number of piperidine rings is 1. The van der Waals surface area contributed by atoms with E-state index in [1.807, 2.05) is 13.0 Å². The number of rotatable bonds is 4. The molecule has 0 unspecified atom stereocenters. The second-order valence-electron chi connectivity index (χ2n) is 6.90. The van der Waals surface area contributed by atoms with Gasteiger partial charge in [0.1, 0.15) is 5.41 Å². The minimum Gasteiger partial charge on any atom is -0.466 e. The Labute approximate surface area is 161 Å². The van der Waals surface area contributed by atoms with Gasteiger partial charge in [-0.15, -0.1) is 0 Å². The van der Waals surface area contributed by atoms with Crippen LogP contribution in [0.25, 0.3) is 0 Å². The second-order valence-corrected chi connectivity index (χ2v) is 7.34. The maximum absolute atomic E-state index is 13.5. The molecule has 0 N–H and O–H groups in total. The van der Waals surface area contributed by atoms with E-state index in [-0.39, 0.29) is 18.4 Å². The first kappa shape index (κ1) is 17.7. The number of hydrogen-bond donors (Lipinski definition) is 0. The molecule has 6 heteroatoms. The largest absolute Gasteiger partial charge is 0.466 e. The highest BCUT2D eigenvalue weighted by atomic mass is 35.5. The van der Waals surface area contributed by atoms with E-state index in [0.29, 0.717) is 16.3 Å². The first-order valence-electron chi connectivity index (χ1n) is 8.80. The average molecular weight is 384 g/mol. The number of aryl methyl sites for hydroxylation is 1. The van der Waals surface area contributed by atoms with Crippen LogP contribution in [0.2, 0.25) is 5.02 Å². The molecular formula is C21H18ClNO4. The Hall–Kier alpha value is -2.66. The van der Waals surface area contributed by atoms with Gasteiger partial charge >= 0.3 is 5.97 Å². The summed E-state index contributed by atoms with van der Waals surface area (Å²) >= 11 is 5.98. The molecule has 2 aromatic rings. The van der Waals surface area contributed by atoms with E-state index in [1.54, 1.807) is 49.4 Å². The fraction of sp³-hybridized carbons (Fsp3) is 0.286. The number of imide groups is 1. The predicted molar refractivity (Wildman–Crippen MR) is 100 cm³/mol. The molecular weight excluding hydrogens is 366 g/mol. The number of fused-ring (bicyclic) bond motifs is 1. The predicted octanol–water partition coefficient (Wildman–Crippen LogP) is 3.27. The molecule has 1 aliphatic carbocycles. The van der Waals surface area contributed by atoms with E-state index in [2.05, 4.69) is 0 Å². The minimum absolute atomic E-state index is 0.197. The van der Waals surface area contributed by atoms with Crippen molar-refractivity contribution in [3.63, 3.8) is 0 Å². The second kappa shape index (κ2) is 6.20. The Morgan fingerprint density at radius 3 is 2.52 bits per heavy atom. The summed E-state index contributed by atoms with van der Waals surface area (Å²) in [4.78, 5) is 40.2. The number of anilines is 1. The number of carbonyl (C=O) groups excluding carboxylic acids is 3. The first-order valence-corrected chi connectivity index (χ1v) is 9.18. The summed E-state index contributed by atoms with van der Waals surface area (Å²) in [6.07, 6.45) is 0. The van der Waals surface area contributed by atoms with Gasteiger partial charge in [-0.1, -0.05) is 35.9 Å². The Bertz CT molecular complexity index is 955. The smallest absolute Gasteiger partial charge is 0.311 e. The molecule has 3 atom stereocenters. The summed E-state index contributed by atoms with van der Waals surface area (Å²) in [7, 11) is 0. The van der Waals surface area contributed by atoms with Gasteiger partial charge in [0.25, 0.3) is 0 Å². The number of nitrogens with zero attached hydrogens (tertiary/aromatic N) is 1. The molecule has 1 saturated carbocycles. The lowest BCUT2D eigenvalue weighted by molar-refractivity contribution is -0.147. The summed E-state index contributed by atoms with van der Waals surface area (Å²) in [6.45, 7) is 3.79. The maximum Gasteiger partial charge on any atom is 0.311 e. The lowest BCUT2D eigenvalue weighted by Crippen LogP contribution is -2.40. The van der Waals surface area contributed by atoms with Crippen LogP contribution in [-0.2, 0) is 24.5 Å². The summed E-state index contributed by atoms with van der Waals surface area (Å²) in [5.41, 5.74) is 0.866. The summed E-state index contributed by atoms with van der Waals surface area (Å²) in [5.74, 6) is -2.80. The fourth-order valence-corrected chi connectivity index (χ4v) is 4.32. The highest BCUT2D eigenvalue weighted by Gasteiger charge is 2.83. The normalized spacial score (nSPS) is 26.1. The number of amides is 2.